The van der Waals surface area contributed by atoms with Gasteiger partial charge in [0, 0.05) is 28.1 Å². The Labute approximate surface area is 102 Å². The molecule has 0 aliphatic heterocycles. The molecule has 0 aliphatic carbocycles. The molecule has 0 saturated carbocycles. The van der Waals surface area contributed by atoms with E-state index in [9.17, 15) is 4.79 Å². The first-order valence-electron chi connectivity index (χ1n) is 4.16. The maximum Gasteiger partial charge on any atom is 0.164 e. The number of benzene rings is 1. The molecule has 76 valence electrons. The van der Waals surface area contributed by atoms with Crippen molar-refractivity contribution in [1.82, 2.24) is 0 Å². The molecule has 0 radical (unpaired) electrons. The zero-order valence-electron chi connectivity index (χ0n) is 7.46. The predicted octanol–water partition coefficient (Wildman–Crippen LogP) is 3.68. The molecule has 0 bridgehead atoms. The average Bonchev–Trinajstić information content (AvgIpc) is 2.18. The standard InChI is InChI=1S/C10H10BrClOS/c11-4-3-10(13)9-5-8(14)2-1-7(9)6-12/h1-2,5,14H,3-4,6H2. The van der Waals surface area contributed by atoms with E-state index in [0.29, 0.717) is 23.2 Å². The highest BCUT2D eigenvalue weighted by Crippen LogP contribution is 2.18. The van der Waals surface area contributed by atoms with Crippen molar-refractivity contribution in [2.24, 2.45) is 0 Å². The number of rotatable bonds is 4. The normalized spacial score (nSPS) is 10.2. The van der Waals surface area contributed by atoms with E-state index in [2.05, 4.69) is 28.6 Å². The van der Waals surface area contributed by atoms with E-state index in [1.165, 1.54) is 0 Å². The molecule has 0 amide bonds. The van der Waals surface area contributed by atoms with Crippen molar-refractivity contribution in [3.63, 3.8) is 0 Å². The summed E-state index contributed by atoms with van der Waals surface area (Å²) in [6.45, 7) is 0. The second-order valence-corrected chi connectivity index (χ2v) is 4.41. The Morgan fingerprint density at radius 2 is 2.21 bits per heavy atom. The molecule has 1 aromatic rings. The third kappa shape index (κ3) is 3.01. The predicted molar refractivity (Wildman–Crippen MR) is 66.0 cm³/mol. The van der Waals surface area contributed by atoms with Crippen LogP contribution >= 0.6 is 40.2 Å². The Morgan fingerprint density at radius 3 is 2.79 bits per heavy atom. The molecule has 14 heavy (non-hydrogen) atoms. The first-order valence-corrected chi connectivity index (χ1v) is 6.26. The summed E-state index contributed by atoms with van der Waals surface area (Å²) in [4.78, 5) is 12.4. The summed E-state index contributed by atoms with van der Waals surface area (Å²) < 4.78 is 0. The van der Waals surface area contributed by atoms with Gasteiger partial charge in [0.25, 0.3) is 0 Å². The van der Waals surface area contributed by atoms with Gasteiger partial charge in [-0.1, -0.05) is 22.0 Å². The number of hydrogen-bond donors (Lipinski definition) is 1. The monoisotopic (exact) mass is 292 g/mol. The van der Waals surface area contributed by atoms with E-state index >= 15 is 0 Å². The van der Waals surface area contributed by atoms with Crippen LogP contribution in [-0.2, 0) is 5.88 Å². The highest BCUT2D eigenvalue weighted by Gasteiger charge is 2.10. The van der Waals surface area contributed by atoms with Crippen LogP contribution in [0.4, 0.5) is 0 Å². The van der Waals surface area contributed by atoms with Crippen LogP contribution in [0.3, 0.4) is 0 Å². The van der Waals surface area contributed by atoms with Crippen molar-refractivity contribution in [2.75, 3.05) is 5.33 Å². The van der Waals surface area contributed by atoms with E-state index in [1.807, 2.05) is 12.1 Å². The van der Waals surface area contributed by atoms with Crippen LogP contribution in [0.5, 0.6) is 0 Å². The van der Waals surface area contributed by atoms with Crippen LogP contribution in [0.25, 0.3) is 0 Å². The van der Waals surface area contributed by atoms with Crippen LogP contribution in [0, 0.1) is 0 Å². The summed E-state index contributed by atoms with van der Waals surface area (Å²) >= 11 is 13.2. The summed E-state index contributed by atoms with van der Waals surface area (Å²) in [6.07, 6.45) is 0.487. The highest BCUT2D eigenvalue weighted by atomic mass is 79.9. The largest absolute Gasteiger partial charge is 0.294 e. The van der Waals surface area contributed by atoms with E-state index < -0.39 is 0 Å². The zero-order valence-corrected chi connectivity index (χ0v) is 10.7. The minimum Gasteiger partial charge on any atom is -0.294 e. The van der Waals surface area contributed by atoms with Gasteiger partial charge >= 0.3 is 0 Å². The van der Waals surface area contributed by atoms with Gasteiger partial charge in [-0.25, -0.2) is 0 Å². The smallest absolute Gasteiger partial charge is 0.164 e. The van der Waals surface area contributed by atoms with Crippen molar-refractivity contribution in [1.29, 1.82) is 0 Å². The maximum atomic E-state index is 11.7. The molecule has 0 heterocycles. The van der Waals surface area contributed by atoms with Crippen LogP contribution in [-0.4, -0.2) is 11.1 Å². The van der Waals surface area contributed by atoms with Crippen molar-refractivity contribution >= 4 is 45.9 Å². The lowest BCUT2D eigenvalue weighted by Crippen LogP contribution is -2.03. The summed E-state index contributed by atoms with van der Waals surface area (Å²) in [6, 6.07) is 5.45. The number of halogens is 2. The molecule has 0 fully saturated rings. The Hall–Kier alpha value is 0.01000. The molecule has 0 N–H and O–H groups in total. The van der Waals surface area contributed by atoms with E-state index in [-0.39, 0.29) is 5.78 Å². The molecule has 0 atom stereocenters. The molecule has 0 saturated heterocycles. The number of thiol groups is 1. The van der Waals surface area contributed by atoms with Crippen molar-refractivity contribution < 1.29 is 4.79 Å². The van der Waals surface area contributed by atoms with Crippen molar-refractivity contribution in [3.05, 3.63) is 29.3 Å². The first-order chi connectivity index (χ1) is 6.69. The van der Waals surface area contributed by atoms with Gasteiger partial charge < -0.3 is 0 Å². The Morgan fingerprint density at radius 1 is 1.50 bits per heavy atom. The lowest BCUT2D eigenvalue weighted by atomic mass is 10.0. The molecule has 1 aromatic carbocycles. The van der Waals surface area contributed by atoms with Gasteiger partial charge in [0.15, 0.2) is 5.78 Å². The van der Waals surface area contributed by atoms with E-state index in [1.54, 1.807) is 6.07 Å². The van der Waals surface area contributed by atoms with E-state index in [4.69, 9.17) is 11.6 Å². The van der Waals surface area contributed by atoms with Gasteiger partial charge in [-0.15, -0.1) is 24.2 Å². The number of carbonyl (C=O) groups excluding carboxylic acids is 1. The van der Waals surface area contributed by atoms with Crippen molar-refractivity contribution in [3.8, 4) is 0 Å². The summed E-state index contributed by atoms with van der Waals surface area (Å²) in [5.41, 5.74) is 1.56. The Bertz CT molecular complexity index is 341. The van der Waals surface area contributed by atoms with Crippen LogP contribution < -0.4 is 0 Å². The fraction of sp³-hybridized carbons (Fsp3) is 0.300. The van der Waals surface area contributed by atoms with Crippen LogP contribution in [0.15, 0.2) is 23.1 Å². The number of Topliss-reactive ketones (excluding diaryl/α,β-unsaturated/α-hetero) is 1. The molecule has 1 rings (SSSR count). The number of ketones is 1. The molecule has 4 heteroatoms. The van der Waals surface area contributed by atoms with Gasteiger partial charge in [0.2, 0.25) is 0 Å². The highest BCUT2D eigenvalue weighted by molar-refractivity contribution is 9.09. The molecule has 0 spiro atoms. The van der Waals surface area contributed by atoms with Gasteiger partial charge in [0.1, 0.15) is 0 Å². The van der Waals surface area contributed by atoms with Crippen LogP contribution in [0.2, 0.25) is 0 Å². The lowest BCUT2D eigenvalue weighted by molar-refractivity contribution is 0.0989. The fourth-order valence-electron chi connectivity index (χ4n) is 1.16. The Kier molecular flexibility index (Phi) is 4.99. The van der Waals surface area contributed by atoms with Gasteiger partial charge in [0.05, 0.1) is 0 Å². The molecule has 0 unspecified atom stereocenters. The summed E-state index contributed by atoms with van der Waals surface area (Å²) in [7, 11) is 0. The van der Waals surface area contributed by atoms with Gasteiger partial charge in [-0.05, 0) is 17.7 Å². The minimum atomic E-state index is 0.105. The molecule has 0 aliphatic rings. The molecular weight excluding hydrogens is 284 g/mol. The SMILES string of the molecule is O=C(CCBr)c1cc(S)ccc1CCl. The second kappa shape index (κ2) is 5.79. The number of carbonyl (C=O) groups is 1. The molecule has 0 aromatic heterocycles. The Balaban J connectivity index is 3.03. The quantitative estimate of drug-likeness (QED) is 0.509. The minimum absolute atomic E-state index is 0.105. The lowest BCUT2D eigenvalue weighted by Gasteiger charge is -2.05. The third-order valence-corrected chi connectivity index (χ3v) is 2.82. The van der Waals surface area contributed by atoms with E-state index in [0.717, 1.165) is 10.5 Å². The number of alkyl halides is 2. The molecular formula is C10H10BrClOS. The average molecular weight is 294 g/mol. The summed E-state index contributed by atoms with van der Waals surface area (Å²) in [5, 5.41) is 0.671. The first kappa shape index (κ1) is 12.1. The third-order valence-electron chi connectivity index (χ3n) is 1.86. The summed E-state index contributed by atoms with van der Waals surface area (Å²) in [5.74, 6) is 0.464. The molecule has 1 nitrogen and oxygen atoms in total. The zero-order chi connectivity index (χ0) is 10.6. The topological polar surface area (TPSA) is 17.1 Å². The van der Waals surface area contributed by atoms with Gasteiger partial charge in [-0.2, -0.15) is 0 Å². The van der Waals surface area contributed by atoms with Crippen LogP contribution in [0.1, 0.15) is 22.3 Å². The maximum absolute atomic E-state index is 11.7. The number of hydrogen-bond acceptors (Lipinski definition) is 2. The van der Waals surface area contributed by atoms with Crippen molar-refractivity contribution in [2.45, 2.75) is 17.2 Å². The van der Waals surface area contributed by atoms with Gasteiger partial charge in [-0.3, -0.25) is 4.79 Å². The fourth-order valence-corrected chi connectivity index (χ4v) is 1.96. The second-order valence-electron chi connectivity index (χ2n) is 2.84.